The van der Waals surface area contributed by atoms with E-state index in [1.807, 2.05) is 0 Å². The Hall–Kier alpha value is -1.75. The van der Waals surface area contributed by atoms with E-state index < -0.39 is 0 Å². The number of carbonyl (C=O) groups is 1. The molecule has 1 heterocycles. The zero-order valence-corrected chi connectivity index (χ0v) is 8.72. The number of hydrogen-bond acceptors (Lipinski definition) is 4. The number of benzene rings is 1. The van der Waals surface area contributed by atoms with Crippen LogP contribution in [0.2, 0.25) is 0 Å². The van der Waals surface area contributed by atoms with Gasteiger partial charge >= 0.3 is 0 Å². The molecule has 0 aromatic heterocycles. The molecule has 0 aliphatic carbocycles. The van der Waals surface area contributed by atoms with Crippen molar-refractivity contribution < 1.29 is 14.6 Å². The van der Waals surface area contributed by atoms with Crippen LogP contribution in [0.4, 0.5) is 5.69 Å². The third-order valence-electron chi connectivity index (χ3n) is 2.45. The Morgan fingerprint density at radius 2 is 2.31 bits per heavy atom. The van der Waals surface area contributed by atoms with Crippen LogP contribution < -0.4 is 5.73 Å². The maximum atomic E-state index is 12.0. The smallest absolute Gasteiger partial charge is 0.258 e. The molecule has 2 rings (SSSR count). The second kappa shape index (κ2) is 4.40. The Balaban J connectivity index is 2.22. The lowest BCUT2D eigenvalue weighted by atomic mass is 10.1. The fourth-order valence-corrected chi connectivity index (χ4v) is 1.55. The molecule has 1 aliphatic rings. The van der Waals surface area contributed by atoms with Crippen LogP contribution in [0.25, 0.3) is 0 Å². The number of para-hydroxylation sites is 1. The Kier molecular flexibility index (Phi) is 2.96. The molecule has 16 heavy (non-hydrogen) atoms. The van der Waals surface area contributed by atoms with Gasteiger partial charge in [-0.3, -0.25) is 4.79 Å². The highest BCUT2D eigenvalue weighted by molar-refractivity contribution is 5.98. The maximum absolute atomic E-state index is 12.0. The van der Waals surface area contributed by atoms with E-state index in [-0.39, 0.29) is 22.9 Å². The van der Waals surface area contributed by atoms with Gasteiger partial charge in [-0.1, -0.05) is 6.07 Å². The first kappa shape index (κ1) is 10.8. The van der Waals surface area contributed by atoms with Gasteiger partial charge in [0.05, 0.1) is 31.0 Å². The summed E-state index contributed by atoms with van der Waals surface area (Å²) in [5.41, 5.74) is 5.96. The van der Waals surface area contributed by atoms with E-state index in [0.717, 1.165) is 0 Å². The van der Waals surface area contributed by atoms with E-state index in [2.05, 4.69) is 0 Å². The number of ether oxygens (including phenoxy) is 1. The van der Waals surface area contributed by atoms with Crippen LogP contribution >= 0.6 is 0 Å². The van der Waals surface area contributed by atoms with E-state index in [1.54, 1.807) is 24.7 Å². The Bertz CT molecular complexity index is 400. The summed E-state index contributed by atoms with van der Waals surface area (Å²) in [4.78, 5) is 13.5. The average molecular weight is 221 g/mol. The van der Waals surface area contributed by atoms with Crippen molar-refractivity contribution in [3.63, 3.8) is 0 Å². The topological polar surface area (TPSA) is 75.8 Å². The van der Waals surface area contributed by atoms with Gasteiger partial charge in [0, 0.05) is 6.54 Å². The van der Waals surface area contributed by atoms with Crippen molar-refractivity contribution in [2.75, 3.05) is 25.5 Å². The lowest BCUT2D eigenvalue weighted by Gasteiger charge is -2.26. The Morgan fingerprint density at radius 3 is 3.00 bits per heavy atom. The first-order valence-corrected chi connectivity index (χ1v) is 4.99. The standard InChI is InChI=1S/C11H13N2O3/c12-9-3-1-2-8(10(9)14)11(15)13-4-6-16-7-5-13/h1-4,14H,5-7,12H2. The molecule has 0 atom stereocenters. The highest BCUT2D eigenvalue weighted by Gasteiger charge is 2.21. The second-order valence-corrected chi connectivity index (χ2v) is 3.50. The number of nitrogens with two attached hydrogens (primary N) is 1. The molecule has 1 aromatic carbocycles. The fourth-order valence-electron chi connectivity index (χ4n) is 1.55. The second-order valence-electron chi connectivity index (χ2n) is 3.50. The molecule has 0 saturated carbocycles. The largest absolute Gasteiger partial charge is 0.505 e. The van der Waals surface area contributed by atoms with Crippen LogP contribution in [0.5, 0.6) is 5.75 Å². The van der Waals surface area contributed by atoms with Crippen LogP contribution in [0.15, 0.2) is 18.2 Å². The molecule has 3 N–H and O–H groups in total. The van der Waals surface area contributed by atoms with Gasteiger partial charge in [0.1, 0.15) is 0 Å². The molecule has 5 nitrogen and oxygen atoms in total. The normalized spacial score (nSPS) is 16.1. The number of amides is 1. The molecule has 0 spiro atoms. The number of anilines is 1. The lowest BCUT2D eigenvalue weighted by Crippen LogP contribution is -2.37. The van der Waals surface area contributed by atoms with Crippen molar-refractivity contribution in [2.24, 2.45) is 0 Å². The molecular formula is C11H13N2O3. The van der Waals surface area contributed by atoms with Crippen molar-refractivity contribution in [3.8, 4) is 5.75 Å². The lowest BCUT2D eigenvalue weighted by molar-refractivity contribution is 0.0481. The minimum atomic E-state index is -0.256. The highest BCUT2D eigenvalue weighted by atomic mass is 16.5. The van der Waals surface area contributed by atoms with Gasteiger partial charge in [-0.15, -0.1) is 0 Å². The summed E-state index contributed by atoms with van der Waals surface area (Å²) >= 11 is 0. The van der Waals surface area contributed by atoms with Gasteiger partial charge in [0.15, 0.2) is 5.75 Å². The molecular weight excluding hydrogens is 208 g/mol. The van der Waals surface area contributed by atoms with E-state index in [4.69, 9.17) is 10.5 Å². The van der Waals surface area contributed by atoms with Crippen molar-refractivity contribution >= 4 is 11.6 Å². The predicted molar refractivity (Wildman–Crippen MR) is 58.7 cm³/mol. The number of phenols is 1. The molecule has 85 valence electrons. The van der Waals surface area contributed by atoms with E-state index in [0.29, 0.717) is 19.8 Å². The van der Waals surface area contributed by atoms with Crippen LogP contribution in [0.1, 0.15) is 10.4 Å². The molecule has 1 aliphatic heterocycles. The van der Waals surface area contributed by atoms with Crippen LogP contribution in [-0.4, -0.2) is 35.7 Å². The van der Waals surface area contributed by atoms with Crippen LogP contribution in [0.3, 0.4) is 0 Å². The molecule has 1 saturated heterocycles. The summed E-state index contributed by atoms with van der Waals surface area (Å²) in [7, 11) is 0. The number of phenolic OH excluding ortho intramolecular Hbond substituents is 1. The number of aromatic hydroxyl groups is 1. The summed E-state index contributed by atoms with van der Waals surface area (Å²) in [6, 6.07) is 4.75. The van der Waals surface area contributed by atoms with Gasteiger partial charge in [-0.2, -0.15) is 0 Å². The molecule has 1 amide bonds. The number of morpholine rings is 1. The van der Waals surface area contributed by atoms with Gasteiger partial charge in [0.25, 0.3) is 5.91 Å². The van der Waals surface area contributed by atoms with Gasteiger partial charge in [-0.25, -0.2) is 0 Å². The van der Waals surface area contributed by atoms with Crippen molar-refractivity contribution in [3.05, 3.63) is 30.3 Å². The highest BCUT2D eigenvalue weighted by Crippen LogP contribution is 2.26. The SMILES string of the molecule is Nc1cccc(C(=O)N2[CH]COCC2)c1O. The van der Waals surface area contributed by atoms with E-state index in [1.165, 1.54) is 4.90 Å². The minimum absolute atomic E-state index is 0.160. The van der Waals surface area contributed by atoms with Crippen LogP contribution in [0, 0.1) is 6.54 Å². The Morgan fingerprint density at radius 1 is 1.50 bits per heavy atom. The summed E-state index contributed by atoms with van der Waals surface area (Å²) < 4.78 is 5.10. The average Bonchev–Trinajstić information content (AvgIpc) is 2.33. The first-order chi connectivity index (χ1) is 7.70. The summed E-state index contributed by atoms with van der Waals surface area (Å²) in [5, 5.41) is 9.68. The number of rotatable bonds is 1. The number of carbonyl (C=O) groups excluding carboxylic acids is 1. The zero-order valence-electron chi connectivity index (χ0n) is 8.72. The van der Waals surface area contributed by atoms with Gasteiger partial charge < -0.3 is 20.5 Å². The number of nitrogen functional groups attached to an aromatic ring is 1. The molecule has 1 aromatic rings. The fraction of sp³-hybridized carbons (Fsp3) is 0.273. The quantitative estimate of drug-likeness (QED) is 0.538. The molecule has 1 radical (unpaired) electrons. The van der Waals surface area contributed by atoms with Crippen molar-refractivity contribution in [1.29, 1.82) is 0 Å². The molecule has 0 unspecified atom stereocenters. The summed E-state index contributed by atoms with van der Waals surface area (Å²) in [6.07, 6.45) is 0. The monoisotopic (exact) mass is 221 g/mol. The molecule has 1 fully saturated rings. The predicted octanol–water partition coefficient (Wildman–Crippen LogP) is 0.609. The summed E-state index contributed by atoms with van der Waals surface area (Å²) in [5.74, 6) is -0.416. The van der Waals surface area contributed by atoms with Gasteiger partial charge in [-0.05, 0) is 12.1 Å². The number of hydrogen-bond donors (Lipinski definition) is 2. The summed E-state index contributed by atoms with van der Waals surface area (Å²) in [6.45, 7) is 3.07. The zero-order chi connectivity index (χ0) is 11.5. The third-order valence-corrected chi connectivity index (χ3v) is 2.45. The maximum Gasteiger partial charge on any atom is 0.258 e. The van der Waals surface area contributed by atoms with Gasteiger partial charge in [0.2, 0.25) is 0 Å². The molecule has 5 heteroatoms. The first-order valence-electron chi connectivity index (χ1n) is 4.99. The Labute approximate surface area is 93.4 Å². The van der Waals surface area contributed by atoms with Crippen LogP contribution in [-0.2, 0) is 4.74 Å². The van der Waals surface area contributed by atoms with E-state index >= 15 is 0 Å². The van der Waals surface area contributed by atoms with Crippen molar-refractivity contribution in [2.45, 2.75) is 0 Å². The minimum Gasteiger partial charge on any atom is -0.505 e. The van der Waals surface area contributed by atoms with Crippen molar-refractivity contribution in [1.82, 2.24) is 4.90 Å². The number of nitrogens with zero attached hydrogens (tertiary/aromatic N) is 1. The van der Waals surface area contributed by atoms with E-state index in [9.17, 15) is 9.90 Å². The third kappa shape index (κ3) is 1.94. The molecule has 0 bridgehead atoms.